The van der Waals surface area contributed by atoms with Crippen molar-refractivity contribution in [3.05, 3.63) is 50.6 Å². The van der Waals surface area contributed by atoms with Crippen LogP contribution in [-0.2, 0) is 6.54 Å². The monoisotopic (exact) mass is 325 g/mol. The Morgan fingerprint density at radius 3 is 2.89 bits per heavy atom. The Bertz CT molecular complexity index is 499. The Hall–Kier alpha value is -0.840. The molecule has 1 atom stereocenters. The van der Waals surface area contributed by atoms with Crippen molar-refractivity contribution in [1.29, 1.82) is 0 Å². The van der Waals surface area contributed by atoms with Crippen LogP contribution in [0.4, 0.5) is 0 Å². The average Bonchev–Trinajstić information content (AvgIpc) is 2.87. The van der Waals surface area contributed by atoms with Gasteiger partial charge >= 0.3 is 0 Å². The fourth-order valence-corrected chi connectivity index (χ4v) is 2.96. The molecule has 1 unspecified atom stereocenters. The van der Waals surface area contributed by atoms with Gasteiger partial charge < -0.3 is 10.4 Å². The first-order chi connectivity index (χ1) is 8.70. The third-order valence-corrected chi connectivity index (χ3v) is 4.13. The predicted octanol–water partition coefficient (Wildman–Crippen LogP) is 4.46. The van der Waals surface area contributed by atoms with Crippen molar-refractivity contribution in [2.75, 3.05) is 0 Å². The highest BCUT2D eigenvalue weighted by Crippen LogP contribution is 2.29. The van der Waals surface area contributed by atoms with Gasteiger partial charge in [-0.1, -0.05) is 22.9 Å². The summed E-state index contributed by atoms with van der Waals surface area (Å²) in [5.74, 6) is 0.350. The highest BCUT2D eigenvalue weighted by Gasteiger charge is 2.13. The molecule has 18 heavy (non-hydrogen) atoms. The first kappa shape index (κ1) is 13.6. The molecule has 0 saturated heterocycles. The van der Waals surface area contributed by atoms with Crippen molar-refractivity contribution in [2.45, 2.75) is 25.9 Å². The number of halogens is 1. The summed E-state index contributed by atoms with van der Waals surface area (Å²) in [7, 11) is 0. The standard InChI is InChI=1S/C14H16BrNOS/c1-2-13(16-8-10-5-6-18-9-10)12-7-11(15)3-4-14(12)17/h3-7,9,13,16-17H,2,8H2,1H3. The van der Waals surface area contributed by atoms with Crippen LogP contribution in [0.15, 0.2) is 39.5 Å². The van der Waals surface area contributed by atoms with E-state index >= 15 is 0 Å². The largest absolute Gasteiger partial charge is 0.508 e. The maximum Gasteiger partial charge on any atom is 0.120 e. The van der Waals surface area contributed by atoms with Gasteiger partial charge in [-0.05, 0) is 47.0 Å². The molecule has 2 nitrogen and oxygen atoms in total. The summed E-state index contributed by atoms with van der Waals surface area (Å²) in [5.41, 5.74) is 2.23. The molecule has 0 aliphatic rings. The van der Waals surface area contributed by atoms with Crippen LogP contribution in [0.25, 0.3) is 0 Å². The van der Waals surface area contributed by atoms with Crippen molar-refractivity contribution in [2.24, 2.45) is 0 Å². The molecule has 0 aliphatic carbocycles. The minimum absolute atomic E-state index is 0.169. The number of rotatable bonds is 5. The summed E-state index contributed by atoms with van der Waals surface area (Å²) in [6.07, 6.45) is 0.939. The van der Waals surface area contributed by atoms with E-state index in [1.165, 1.54) is 5.56 Å². The van der Waals surface area contributed by atoms with E-state index in [-0.39, 0.29) is 6.04 Å². The second kappa shape index (κ2) is 6.36. The molecular formula is C14H16BrNOS. The molecular weight excluding hydrogens is 310 g/mol. The van der Waals surface area contributed by atoms with Crippen LogP contribution >= 0.6 is 27.3 Å². The molecule has 0 saturated carbocycles. The van der Waals surface area contributed by atoms with E-state index in [0.717, 1.165) is 23.0 Å². The molecule has 4 heteroatoms. The minimum Gasteiger partial charge on any atom is -0.508 e. The van der Waals surface area contributed by atoms with E-state index in [4.69, 9.17) is 0 Å². The average molecular weight is 326 g/mol. The van der Waals surface area contributed by atoms with Gasteiger partial charge in [-0.15, -0.1) is 0 Å². The molecule has 1 aromatic heterocycles. The molecule has 0 bridgehead atoms. The molecule has 96 valence electrons. The summed E-state index contributed by atoms with van der Waals surface area (Å²) in [6.45, 7) is 2.94. The van der Waals surface area contributed by atoms with E-state index in [0.29, 0.717) is 5.75 Å². The number of thiophene rings is 1. The number of hydrogen-bond donors (Lipinski definition) is 2. The van der Waals surface area contributed by atoms with Crippen molar-refractivity contribution >= 4 is 27.3 Å². The zero-order valence-corrected chi connectivity index (χ0v) is 12.6. The Morgan fingerprint density at radius 1 is 1.39 bits per heavy atom. The highest BCUT2D eigenvalue weighted by atomic mass is 79.9. The molecule has 0 radical (unpaired) electrons. The Balaban J connectivity index is 2.10. The van der Waals surface area contributed by atoms with Gasteiger partial charge in [-0.3, -0.25) is 0 Å². The van der Waals surface area contributed by atoms with Gasteiger partial charge in [0, 0.05) is 22.6 Å². The summed E-state index contributed by atoms with van der Waals surface area (Å²) >= 11 is 5.15. The minimum atomic E-state index is 0.169. The first-order valence-corrected chi connectivity index (χ1v) is 7.67. The molecule has 2 N–H and O–H groups in total. The molecule has 0 fully saturated rings. The summed E-state index contributed by atoms with van der Waals surface area (Å²) in [4.78, 5) is 0. The number of phenols is 1. The van der Waals surface area contributed by atoms with Gasteiger partial charge in [0.15, 0.2) is 0 Å². The normalized spacial score (nSPS) is 12.6. The predicted molar refractivity (Wildman–Crippen MR) is 80.0 cm³/mol. The number of benzene rings is 1. The van der Waals surface area contributed by atoms with E-state index < -0.39 is 0 Å². The summed E-state index contributed by atoms with van der Waals surface area (Å²) in [6, 6.07) is 7.84. The Labute approximate surface area is 120 Å². The van der Waals surface area contributed by atoms with Gasteiger partial charge in [-0.2, -0.15) is 11.3 Å². The van der Waals surface area contributed by atoms with E-state index in [1.54, 1.807) is 17.4 Å². The Morgan fingerprint density at radius 2 is 2.22 bits per heavy atom. The van der Waals surface area contributed by atoms with Crippen LogP contribution < -0.4 is 5.32 Å². The molecule has 2 aromatic rings. The summed E-state index contributed by atoms with van der Waals surface area (Å²) in [5, 5.41) is 17.6. The van der Waals surface area contributed by atoms with Gasteiger partial charge in [0.25, 0.3) is 0 Å². The van der Waals surface area contributed by atoms with Gasteiger partial charge in [0.1, 0.15) is 5.75 Å². The molecule has 1 heterocycles. The van der Waals surface area contributed by atoms with Crippen LogP contribution in [0, 0.1) is 0 Å². The molecule has 0 aliphatic heterocycles. The zero-order valence-electron chi connectivity index (χ0n) is 10.2. The van der Waals surface area contributed by atoms with Gasteiger partial charge in [0.05, 0.1) is 0 Å². The zero-order chi connectivity index (χ0) is 13.0. The van der Waals surface area contributed by atoms with Gasteiger partial charge in [-0.25, -0.2) is 0 Å². The molecule has 0 spiro atoms. The van der Waals surface area contributed by atoms with E-state index in [2.05, 4.69) is 45.0 Å². The fraction of sp³-hybridized carbons (Fsp3) is 0.286. The van der Waals surface area contributed by atoms with Crippen LogP contribution in [0.1, 0.15) is 30.5 Å². The van der Waals surface area contributed by atoms with E-state index in [1.807, 2.05) is 12.1 Å². The van der Waals surface area contributed by atoms with Crippen LogP contribution in [0.3, 0.4) is 0 Å². The van der Waals surface area contributed by atoms with Crippen LogP contribution in [-0.4, -0.2) is 5.11 Å². The SMILES string of the molecule is CCC(NCc1ccsc1)c1cc(Br)ccc1O. The number of aromatic hydroxyl groups is 1. The van der Waals surface area contributed by atoms with Crippen molar-refractivity contribution < 1.29 is 5.11 Å². The lowest BCUT2D eigenvalue weighted by Gasteiger charge is -2.18. The number of hydrogen-bond acceptors (Lipinski definition) is 3. The third-order valence-electron chi connectivity index (χ3n) is 2.91. The Kier molecular flexibility index (Phi) is 4.80. The number of nitrogens with one attached hydrogen (secondary N) is 1. The van der Waals surface area contributed by atoms with Crippen molar-refractivity contribution in [1.82, 2.24) is 5.32 Å². The number of phenolic OH excluding ortho intramolecular Hbond substituents is 1. The quantitative estimate of drug-likeness (QED) is 0.850. The van der Waals surface area contributed by atoms with E-state index in [9.17, 15) is 5.11 Å². The first-order valence-electron chi connectivity index (χ1n) is 5.93. The molecule has 1 aromatic carbocycles. The fourth-order valence-electron chi connectivity index (χ4n) is 1.91. The smallest absolute Gasteiger partial charge is 0.120 e. The van der Waals surface area contributed by atoms with Crippen LogP contribution in [0.2, 0.25) is 0 Å². The van der Waals surface area contributed by atoms with Crippen LogP contribution in [0.5, 0.6) is 5.75 Å². The summed E-state index contributed by atoms with van der Waals surface area (Å²) < 4.78 is 0.992. The maximum atomic E-state index is 9.93. The van der Waals surface area contributed by atoms with Gasteiger partial charge in [0.2, 0.25) is 0 Å². The molecule has 0 amide bonds. The highest BCUT2D eigenvalue weighted by molar-refractivity contribution is 9.10. The maximum absolute atomic E-state index is 9.93. The second-order valence-electron chi connectivity index (χ2n) is 4.18. The third kappa shape index (κ3) is 3.34. The second-order valence-corrected chi connectivity index (χ2v) is 5.87. The van der Waals surface area contributed by atoms with Crippen molar-refractivity contribution in [3.8, 4) is 5.75 Å². The lowest BCUT2D eigenvalue weighted by atomic mass is 10.0. The van der Waals surface area contributed by atoms with Crippen molar-refractivity contribution in [3.63, 3.8) is 0 Å². The topological polar surface area (TPSA) is 32.3 Å². The lowest BCUT2D eigenvalue weighted by Crippen LogP contribution is -2.20. The molecule has 2 rings (SSSR count). The lowest BCUT2D eigenvalue weighted by molar-refractivity contribution is 0.440.